The lowest BCUT2D eigenvalue weighted by atomic mass is 10.2. The van der Waals surface area contributed by atoms with E-state index in [-0.39, 0.29) is 5.91 Å². The van der Waals surface area contributed by atoms with Crippen molar-refractivity contribution in [1.29, 1.82) is 0 Å². The molecule has 0 saturated heterocycles. The van der Waals surface area contributed by atoms with Gasteiger partial charge in [0.05, 0.1) is 6.54 Å². The Bertz CT molecular complexity index is 373. The number of carbonyl (C=O) groups is 1. The van der Waals surface area contributed by atoms with Crippen LogP contribution in [-0.2, 0) is 4.79 Å². The van der Waals surface area contributed by atoms with Crippen molar-refractivity contribution in [3.8, 4) is 0 Å². The van der Waals surface area contributed by atoms with Gasteiger partial charge in [0.15, 0.2) is 0 Å². The van der Waals surface area contributed by atoms with Crippen LogP contribution in [-0.4, -0.2) is 36.5 Å². The molecule has 0 aliphatic rings. The SMILES string of the molecule is Cc1ccc(NC(=O)CN(CCN)C(C)C)cc1. The molecule has 1 aromatic carbocycles. The molecule has 100 valence electrons. The molecular formula is C14H23N3O. The molecule has 0 spiro atoms. The molecule has 0 heterocycles. The summed E-state index contributed by atoms with van der Waals surface area (Å²) in [7, 11) is 0. The second kappa shape index (κ2) is 7.13. The van der Waals surface area contributed by atoms with Crippen molar-refractivity contribution < 1.29 is 4.79 Å². The fourth-order valence-corrected chi connectivity index (χ4v) is 1.71. The highest BCUT2D eigenvalue weighted by Gasteiger charge is 2.13. The Labute approximate surface area is 109 Å². The average molecular weight is 249 g/mol. The summed E-state index contributed by atoms with van der Waals surface area (Å²) < 4.78 is 0. The van der Waals surface area contributed by atoms with Crippen LogP contribution < -0.4 is 11.1 Å². The van der Waals surface area contributed by atoms with E-state index in [1.165, 1.54) is 5.56 Å². The third kappa shape index (κ3) is 4.85. The predicted octanol–water partition coefficient (Wildman–Crippen LogP) is 1.60. The van der Waals surface area contributed by atoms with Crippen molar-refractivity contribution in [1.82, 2.24) is 4.90 Å². The van der Waals surface area contributed by atoms with Crippen molar-refractivity contribution in [2.24, 2.45) is 5.73 Å². The van der Waals surface area contributed by atoms with Crippen LogP contribution in [0.5, 0.6) is 0 Å². The van der Waals surface area contributed by atoms with Crippen LogP contribution in [0.3, 0.4) is 0 Å². The lowest BCUT2D eigenvalue weighted by molar-refractivity contribution is -0.117. The van der Waals surface area contributed by atoms with E-state index in [9.17, 15) is 4.79 Å². The quantitative estimate of drug-likeness (QED) is 0.805. The van der Waals surface area contributed by atoms with Gasteiger partial charge in [-0.25, -0.2) is 0 Å². The number of rotatable bonds is 6. The van der Waals surface area contributed by atoms with E-state index in [2.05, 4.69) is 24.1 Å². The monoisotopic (exact) mass is 249 g/mol. The van der Waals surface area contributed by atoms with Gasteiger partial charge < -0.3 is 11.1 Å². The Balaban J connectivity index is 2.52. The maximum absolute atomic E-state index is 11.9. The molecule has 0 radical (unpaired) electrons. The highest BCUT2D eigenvalue weighted by molar-refractivity contribution is 5.92. The van der Waals surface area contributed by atoms with Gasteiger partial charge in [-0.3, -0.25) is 9.69 Å². The number of nitrogens with zero attached hydrogens (tertiary/aromatic N) is 1. The first-order chi connectivity index (χ1) is 8.52. The smallest absolute Gasteiger partial charge is 0.238 e. The summed E-state index contributed by atoms with van der Waals surface area (Å²) in [5.74, 6) is 0.000929. The Hall–Kier alpha value is -1.39. The van der Waals surface area contributed by atoms with Gasteiger partial charge in [-0.05, 0) is 32.9 Å². The molecule has 0 aromatic heterocycles. The Kier molecular flexibility index (Phi) is 5.82. The molecule has 0 fully saturated rings. The first-order valence-electron chi connectivity index (χ1n) is 6.33. The lowest BCUT2D eigenvalue weighted by Gasteiger charge is -2.24. The Morgan fingerprint density at radius 2 is 1.94 bits per heavy atom. The van der Waals surface area contributed by atoms with Gasteiger partial charge in [0.1, 0.15) is 0 Å². The maximum atomic E-state index is 11.9. The molecule has 4 heteroatoms. The zero-order chi connectivity index (χ0) is 13.5. The van der Waals surface area contributed by atoms with Gasteiger partial charge in [0.2, 0.25) is 5.91 Å². The zero-order valence-corrected chi connectivity index (χ0v) is 11.4. The maximum Gasteiger partial charge on any atom is 0.238 e. The zero-order valence-electron chi connectivity index (χ0n) is 11.4. The van der Waals surface area contributed by atoms with E-state index in [1.54, 1.807) is 0 Å². The minimum atomic E-state index is 0.000929. The standard InChI is InChI=1S/C14H23N3O/c1-11(2)17(9-8-15)10-14(18)16-13-6-4-12(3)5-7-13/h4-7,11H,8-10,15H2,1-3H3,(H,16,18). The summed E-state index contributed by atoms with van der Waals surface area (Å²) in [6.45, 7) is 7.83. The van der Waals surface area contributed by atoms with Crippen LogP contribution in [0, 0.1) is 6.92 Å². The van der Waals surface area contributed by atoms with Crippen LogP contribution in [0.1, 0.15) is 19.4 Å². The molecule has 1 rings (SSSR count). The van der Waals surface area contributed by atoms with E-state index in [0.717, 1.165) is 12.2 Å². The third-order valence-electron chi connectivity index (χ3n) is 2.83. The number of hydrogen-bond donors (Lipinski definition) is 2. The van der Waals surface area contributed by atoms with Crippen molar-refractivity contribution in [2.75, 3.05) is 25.0 Å². The van der Waals surface area contributed by atoms with Crippen LogP contribution in [0.15, 0.2) is 24.3 Å². The molecule has 1 amide bonds. The summed E-state index contributed by atoms with van der Waals surface area (Å²) in [4.78, 5) is 14.0. The molecule has 0 atom stereocenters. The largest absolute Gasteiger partial charge is 0.329 e. The predicted molar refractivity (Wildman–Crippen MR) is 75.6 cm³/mol. The molecule has 0 bridgehead atoms. The highest BCUT2D eigenvalue weighted by atomic mass is 16.2. The lowest BCUT2D eigenvalue weighted by Crippen LogP contribution is -2.40. The number of amides is 1. The number of benzene rings is 1. The topological polar surface area (TPSA) is 58.4 Å². The normalized spacial score (nSPS) is 11.0. The van der Waals surface area contributed by atoms with Crippen LogP contribution in [0.2, 0.25) is 0 Å². The molecule has 0 saturated carbocycles. The minimum absolute atomic E-state index is 0.000929. The Morgan fingerprint density at radius 1 is 1.33 bits per heavy atom. The molecular weight excluding hydrogens is 226 g/mol. The number of hydrogen-bond acceptors (Lipinski definition) is 3. The number of anilines is 1. The number of nitrogens with one attached hydrogen (secondary N) is 1. The van der Waals surface area contributed by atoms with Gasteiger partial charge in [-0.1, -0.05) is 17.7 Å². The molecule has 18 heavy (non-hydrogen) atoms. The van der Waals surface area contributed by atoms with E-state index in [0.29, 0.717) is 19.1 Å². The van der Waals surface area contributed by atoms with Crippen molar-refractivity contribution in [3.63, 3.8) is 0 Å². The molecule has 4 nitrogen and oxygen atoms in total. The first-order valence-corrected chi connectivity index (χ1v) is 6.33. The number of carbonyl (C=O) groups excluding carboxylic acids is 1. The summed E-state index contributed by atoms with van der Waals surface area (Å²) in [5, 5.41) is 2.89. The second-order valence-corrected chi connectivity index (χ2v) is 4.77. The fraction of sp³-hybridized carbons (Fsp3) is 0.500. The van der Waals surface area contributed by atoms with Gasteiger partial charge in [-0.2, -0.15) is 0 Å². The van der Waals surface area contributed by atoms with Gasteiger partial charge in [-0.15, -0.1) is 0 Å². The van der Waals surface area contributed by atoms with E-state index in [4.69, 9.17) is 5.73 Å². The highest BCUT2D eigenvalue weighted by Crippen LogP contribution is 2.08. The van der Waals surface area contributed by atoms with Gasteiger partial charge >= 0.3 is 0 Å². The summed E-state index contributed by atoms with van der Waals surface area (Å²) in [5.41, 5.74) is 7.55. The van der Waals surface area contributed by atoms with Crippen molar-refractivity contribution in [2.45, 2.75) is 26.8 Å². The van der Waals surface area contributed by atoms with Crippen molar-refractivity contribution >= 4 is 11.6 Å². The molecule has 3 N–H and O–H groups in total. The van der Waals surface area contributed by atoms with Gasteiger partial charge in [0, 0.05) is 24.8 Å². The number of aryl methyl sites for hydroxylation is 1. The van der Waals surface area contributed by atoms with Crippen molar-refractivity contribution in [3.05, 3.63) is 29.8 Å². The molecule has 0 aliphatic heterocycles. The van der Waals surface area contributed by atoms with Crippen LogP contribution in [0.25, 0.3) is 0 Å². The summed E-state index contributed by atoms with van der Waals surface area (Å²) >= 11 is 0. The first kappa shape index (κ1) is 14.7. The van der Waals surface area contributed by atoms with Crippen LogP contribution >= 0.6 is 0 Å². The molecule has 1 aromatic rings. The summed E-state index contributed by atoms with van der Waals surface area (Å²) in [6, 6.07) is 8.11. The van der Waals surface area contributed by atoms with Crippen LogP contribution in [0.4, 0.5) is 5.69 Å². The van der Waals surface area contributed by atoms with E-state index in [1.807, 2.05) is 31.2 Å². The second-order valence-electron chi connectivity index (χ2n) is 4.77. The van der Waals surface area contributed by atoms with Gasteiger partial charge in [0.25, 0.3) is 0 Å². The fourth-order valence-electron chi connectivity index (χ4n) is 1.71. The molecule has 0 aliphatic carbocycles. The number of nitrogens with two attached hydrogens (primary N) is 1. The average Bonchev–Trinajstić information content (AvgIpc) is 2.31. The van der Waals surface area contributed by atoms with E-state index < -0.39 is 0 Å². The Morgan fingerprint density at radius 3 is 2.44 bits per heavy atom. The molecule has 0 unspecified atom stereocenters. The third-order valence-corrected chi connectivity index (χ3v) is 2.83. The summed E-state index contributed by atoms with van der Waals surface area (Å²) in [6.07, 6.45) is 0. The minimum Gasteiger partial charge on any atom is -0.329 e. The van der Waals surface area contributed by atoms with E-state index >= 15 is 0 Å².